The molecule has 146 valence electrons. The van der Waals surface area contributed by atoms with Gasteiger partial charge in [0.15, 0.2) is 11.5 Å². The first-order chi connectivity index (χ1) is 13.3. The largest absolute Gasteiger partial charge is 0.350 e. The van der Waals surface area contributed by atoms with E-state index in [0.717, 1.165) is 58.0 Å². The molecule has 0 aromatic carbocycles. The molecule has 0 atom stereocenters. The van der Waals surface area contributed by atoms with Crippen molar-refractivity contribution in [3.05, 3.63) is 23.6 Å². The Morgan fingerprint density at radius 2 is 2.15 bits per heavy atom. The Labute approximate surface area is 157 Å². The van der Waals surface area contributed by atoms with Gasteiger partial charge in [-0.2, -0.15) is 4.98 Å². The van der Waals surface area contributed by atoms with Crippen molar-refractivity contribution in [3.8, 4) is 0 Å². The average Bonchev–Trinajstić information content (AvgIpc) is 3.29. The van der Waals surface area contributed by atoms with Crippen LogP contribution in [0.15, 0.2) is 10.7 Å². The van der Waals surface area contributed by atoms with Crippen molar-refractivity contribution in [2.24, 2.45) is 0 Å². The van der Waals surface area contributed by atoms with E-state index in [1.165, 1.54) is 6.42 Å². The van der Waals surface area contributed by atoms with Gasteiger partial charge in [-0.05, 0) is 12.8 Å². The van der Waals surface area contributed by atoms with Crippen LogP contribution in [-0.2, 0) is 13.0 Å². The lowest BCUT2D eigenvalue weighted by Gasteiger charge is -2.26. The Kier molecular flexibility index (Phi) is 5.73. The molecule has 0 spiro atoms. The molecule has 2 fully saturated rings. The van der Waals surface area contributed by atoms with Crippen molar-refractivity contribution >= 4 is 5.91 Å². The van der Waals surface area contributed by atoms with Crippen LogP contribution in [0.1, 0.15) is 47.4 Å². The predicted octanol–water partition coefficient (Wildman–Crippen LogP) is -0.194. The van der Waals surface area contributed by atoms with Gasteiger partial charge in [0.05, 0.1) is 12.7 Å². The van der Waals surface area contributed by atoms with Gasteiger partial charge < -0.3 is 15.2 Å². The lowest BCUT2D eigenvalue weighted by molar-refractivity contribution is 0.0949. The number of aromatic nitrogens is 5. The molecular weight excluding hydrogens is 348 g/mol. The van der Waals surface area contributed by atoms with E-state index in [1.54, 1.807) is 10.9 Å². The van der Waals surface area contributed by atoms with Crippen LogP contribution in [-0.4, -0.2) is 75.2 Å². The average molecular weight is 374 g/mol. The lowest BCUT2D eigenvalue weighted by Crippen LogP contribution is -2.44. The monoisotopic (exact) mass is 374 g/mol. The molecule has 4 rings (SSSR count). The molecule has 1 saturated heterocycles. The quantitative estimate of drug-likeness (QED) is 0.653. The first kappa shape index (κ1) is 18.1. The molecule has 0 bridgehead atoms. The van der Waals surface area contributed by atoms with E-state index in [2.05, 4.69) is 36.0 Å². The van der Waals surface area contributed by atoms with Crippen LogP contribution < -0.4 is 10.6 Å². The van der Waals surface area contributed by atoms with E-state index < -0.39 is 0 Å². The molecule has 1 aliphatic heterocycles. The fourth-order valence-electron chi connectivity index (χ4n) is 3.26. The van der Waals surface area contributed by atoms with E-state index in [0.29, 0.717) is 30.4 Å². The molecule has 2 aromatic heterocycles. The second-order valence-corrected chi connectivity index (χ2v) is 7.14. The third kappa shape index (κ3) is 4.69. The first-order valence-electron chi connectivity index (χ1n) is 9.72. The molecule has 10 nitrogen and oxygen atoms in total. The van der Waals surface area contributed by atoms with Gasteiger partial charge >= 0.3 is 0 Å². The van der Waals surface area contributed by atoms with Crippen LogP contribution in [0, 0.1) is 0 Å². The number of carbonyl (C=O) groups is 1. The van der Waals surface area contributed by atoms with Gasteiger partial charge in [-0.25, -0.2) is 0 Å². The third-order valence-electron chi connectivity index (χ3n) is 5.20. The van der Waals surface area contributed by atoms with Gasteiger partial charge in [0.1, 0.15) is 0 Å². The summed E-state index contributed by atoms with van der Waals surface area (Å²) in [7, 11) is 0. The van der Waals surface area contributed by atoms with Crippen LogP contribution in [0.25, 0.3) is 0 Å². The first-order valence-corrected chi connectivity index (χ1v) is 9.72. The zero-order valence-electron chi connectivity index (χ0n) is 15.4. The van der Waals surface area contributed by atoms with Crippen molar-refractivity contribution in [3.63, 3.8) is 0 Å². The molecule has 1 aliphatic carbocycles. The van der Waals surface area contributed by atoms with Crippen molar-refractivity contribution in [1.82, 2.24) is 40.7 Å². The molecule has 1 saturated carbocycles. The third-order valence-corrected chi connectivity index (χ3v) is 5.20. The summed E-state index contributed by atoms with van der Waals surface area (Å²) in [5, 5.41) is 18.2. The van der Waals surface area contributed by atoms with E-state index in [1.807, 2.05) is 0 Å². The van der Waals surface area contributed by atoms with Crippen LogP contribution in [0.2, 0.25) is 0 Å². The van der Waals surface area contributed by atoms with Gasteiger partial charge in [-0.1, -0.05) is 16.8 Å². The van der Waals surface area contributed by atoms with Crippen molar-refractivity contribution < 1.29 is 9.32 Å². The fraction of sp³-hybridized carbons (Fsp3) is 0.706. The maximum absolute atomic E-state index is 12.2. The zero-order chi connectivity index (χ0) is 18.5. The van der Waals surface area contributed by atoms with Gasteiger partial charge in [0, 0.05) is 51.6 Å². The molecule has 2 aromatic rings. The standard InChI is InChI=1S/C17H26N8O2/c26-16(19-5-4-15-20-17(27-22-15)13-2-1-3-13)14-12-25(23-21-14)11-10-24-8-6-18-7-9-24/h12-13,18H,1-11H2,(H,19,26). The van der Waals surface area contributed by atoms with E-state index in [9.17, 15) is 4.79 Å². The minimum Gasteiger partial charge on any atom is -0.350 e. The van der Waals surface area contributed by atoms with Gasteiger partial charge in [-0.3, -0.25) is 14.4 Å². The molecule has 3 heterocycles. The Morgan fingerprint density at radius 1 is 1.30 bits per heavy atom. The summed E-state index contributed by atoms with van der Waals surface area (Å²) >= 11 is 0. The number of piperazine rings is 1. The van der Waals surface area contributed by atoms with E-state index >= 15 is 0 Å². The molecule has 1 amide bonds. The second-order valence-electron chi connectivity index (χ2n) is 7.14. The van der Waals surface area contributed by atoms with Crippen molar-refractivity contribution in [2.75, 3.05) is 39.3 Å². The number of rotatable bonds is 8. The smallest absolute Gasteiger partial charge is 0.273 e. The summed E-state index contributed by atoms with van der Waals surface area (Å²) in [6.07, 6.45) is 5.72. The van der Waals surface area contributed by atoms with Crippen molar-refractivity contribution in [2.45, 2.75) is 38.1 Å². The summed E-state index contributed by atoms with van der Waals surface area (Å²) in [4.78, 5) is 19.0. The highest BCUT2D eigenvalue weighted by atomic mass is 16.5. The molecule has 10 heteroatoms. The molecule has 2 aliphatic rings. The molecule has 27 heavy (non-hydrogen) atoms. The number of nitrogens with zero attached hydrogens (tertiary/aromatic N) is 6. The number of hydrogen-bond acceptors (Lipinski definition) is 8. The highest BCUT2D eigenvalue weighted by molar-refractivity contribution is 5.91. The van der Waals surface area contributed by atoms with Crippen LogP contribution in [0.5, 0.6) is 0 Å². The minimum atomic E-state index is -0.230. The second kappa shape index (κ2) is 8.57. The number of nitrogens with one attached hydrogen (secondary N) is 2. The Balaban J connectivity index is 1.19. The Hall–Kier alpha value is -2.33. The van der Waals surface area contributed by atoms with Crippen molar-refractivity contribution in [1.29, 1.82) is 0 Å². The summed E-state index contributed by atoms with van der Waals surface area (Å²) in [5.41, 5.74) is 0.332. The van der Waals surface area contributed by atoms with Gasteiger partial charge in [0.25, 0.3) is 5.91 Å². The molecule has 2 N–H and O–H groups in total. The van der Waals surface area contributed by atoms with Gasteiger partial charge in [-0.15, -0.1) is 5.10 Å². The minimum absolute atomic E-state index is 0.230. The summed E-state index contributed by atoms with van der Waals surface area (Å²) < 4.78 is 7.01. The molecular formula is C17H26N8O2. The summed E-state index contributed by atoms with van der Waals surface area (Å²) in [5.74, 6) is 1.56. The maximum atomic E-state index is 12.2. The van der Waals surface area contributed by atoms with E-state index in [-0.39, 0.29) is 5.91 Å². The topological polar surface area (TPSA) is 114 Å². The Bertz CT molecular complexity index is 748. The maximum Gasteiger partial charge on any atom is 0.273 e. The zero-order valence-corrected chi connectivity index (χ0v) is 15.4. The normalized spacial score (nSPS) is 18.4. The number of amides is 1. The van der Waals surface area contributed by atoms with Crippen LogP contribution >= 0.6 is 0 Å². The highest BCUT2D eigenvalue weighted by Crippen LogP contribution is 2.35. The summed E-state index contributed by atoms with van der Waals surface area (Å²) in [6.45, 7) is 6.21. The summed E-state index contributed by atoms with van der Waals surface area (Å²) in [6, 6.07) is 0. The number of carbonyl (C=O) groups excluding carboxylic acids is 1. The fourth-order valence-corrected chi connectivity index (χ4v) is 3.26. The highest BCUT2D eigenvalue weighted by Gasteiger charge is 2.25. The Morgan fingerprint density at radius 3 is 2.93 bits per heavy atom. The van der Waals surface area contributed by atoms with E-state index in [4.69, 9.17) is 4.52 Å². The predicted molar refractivity (Wildman–Crippen MR) is 96.3 cm³/mol. The van der Waals surface area contributed by atoms with Crippen LogP contribution in [0.4, 0.5) is 0 Å². The lowest BCUT2D eigenvalue weighted by atomic mass is 9.85. The SMILES string of the molecule is O=C(NCCc1noc(C2CCC2)n1)c1cn(CCN2CCNCC2)nn1. The number of hydrogen-bond donors (Lipinski definition) is 2. The molecule has 0 radical (unpaired) electrons. The van der Waals surface area contributed by atoms with Crippen LogP contribution in [0.3, 0.4) is 0 Å². The molecule has 0 unspecified atom stereocenters. The van der Waals surface area contributed by atoms with Gasteiger partial charge in [0.2, 0.25) is 5.89 Å².